The number of nitrogens with zero attached hydrogens (tertiary/aromatic N) is 3. The highest BCUT2D eigenvalue weighted by Crippen LogP contribution is 2.27. The molecule has 0 amide bonds. The van der Waals surface area contributed by atoms with Crippen LogP contribution < -0.4 is 4.90 Å². The Kier molecular flexibility index (Phi) is 4.43. The summed E-state index contributed by atoms with van der Waals surface area (Å²) in [7, 11) is 1.54. The first-order valence-corrected chi connectivity index (χ1v) is 5.44. The van der Waals surface area contributed by atoms with Crippen LogP contribution in [0, 0.1) is 16.0 Å². The molecule has 0 saturated heterocycles. The van der Waals surface area contributed by atoms with Crippen molar-refractivity contribution in [2.24, 2.45) is 5.92 Å². The van der Waals surface area contributed by atoms with E-state index in [1.807, 2.05) is 0 Å². The number of hydrogen-bond donors (Lipinski definition) is 1. The minimum Gasteiger partial charge on any atom is -0.481 e. The molecule has 0 aliphatic carbocycles. The van der Waals surface area contributed by atoms with E-state index in [9.17, 15) is 14.9 Å². The topological polar surface area (TPSA) is 96.6 Å². The summed E-state index contributed by atoms with van der Waals surface area (Å²) in [4.78, 5) is 26.3. The highest BCUT2D eigenvalue weighted by Gasteiger charge is 2.22. The van der Waals surface area contributed by atoms with Crippen LogP contribution in [0.3, 0.4) is 0 Å². The Balaban J connectivity index is 3.01. The average Bonchev–Trinajstić information content (AvgIpc) is 2.28. The van der Waals surface area contributed by atoms with Gasteiger partial charge in [0.05, 0.1) is 15.9 Å². The molecule has 0 fully saturated rings. The van der Waals surface area contributed by atoms with Crippen LogP contribution in [0.1, 0.15) is 6.92 Å². The molecule has 0 bridgehead atoms. The molecular weight excluding hydrogens is 262 g/mol. The first-order valence-electron chi connectivity index (χ1n) is 5.06. The van der Waals surface area contributed by atoms with E-state index in [-0.39, 0.29) is 23.1 Å². The molecule has 0 radical (unpaired) electrons. The van der Waals surface area contributed by atoms with Crippen molar-refractivity contribution in [2.45, 2.75) is 6.92 Å². The Hall–Kier alpha value is -1.89. The van der Waals surface area contributed by atoms with Gasteiger partial charge in [-0.15, -0.1) is 0 Å². The summed E-state index contributed by atoms with van der Waals surface area (Å²) in [6.07, 6.45) is 1.28. The maximum Gasteiger partial charge on any atom is 0.313 e. The molecule has 1 aromatic rings. The van der Waals surface area contributed by atoms with Gasteiger partial charge in [0.2, 0.25) is 5.82 Å². The second-order valence-corrected chi connectivity index (χ2v) is 4.31. The number of aliphatic carboxylic acids is 1. The number of nitro groups is 1. The van der Waals surface area contributed by atoms with Gasteiger partial charge in [-0.25, -0.2) is 4.98 Å². The molecule has 0 aliphatic rings. The van der Waals surface area contributed by atoms with E-state index >= 15 is 0 Å². The summed E-state index contributed by atoms with van der Waals surface area (Å²) in [5, 5.41) is 19.8. The van der Waals surface area contributed by atoms with E-state index < -0.39 is 16.8 Å². The fraction of sp³-hybridized carbons (Fsp3) is 0.400. The fourth-order valence-electron chi connectivity index (χ4n) is 1.43. The number of pyridine rings is 1. The Labute approximate surface area is 108 Å². The summed E-state index contributed by atoms with van der Waals surface area (Å²) >= 11 is 5.64. The molecule has 0 aliphatic heterocycles. The Morgan fingerprint density at radius 3 is 2.83 bits per heavy atom. The zero-order chi connectivity index (χ0) is 13.9. The summed E-state index contributed by atoms with van der Waals surface area (Å²) in [6.45, 7) is 1.63. The number of rotatable bonds is 5. The van der Waals surface area contributed by atoms with E-state index in [2.05, 4.69) is 4.98 Å². The summed E-state index contributed by atoms with van der Waals surface area (Å²) < 4.78 is 0. The second-order valence-electron chi connectivity index (χ2n) is 3.87. The molecule has 0 spiro atoms. The van der Waals surface area contributed by atoms with Crippen LogP contribution in [0.15, 0.2) is 12.3 Å². The highest BCUT2D eigenvalue weighted by atomic mass is 35.5. The molecule has 1 unspecified atom stereocenters. The minimum absolute atomic E-state index is 0.0949. The molecule has 0 saturated carbocycles. The number of aromatic nitrogens is 1. The van der Waals surface area contributed by atoms with Crippen molar-refractivity contribution < 1.29 is 14.8 Å². The quantitative estimate of drug-likeness (QED) is 0.649. The molecular formula is C10H12ClN3O4. The molecule has 1 rings (SSSR count). The SMILES string of the molecule is CC(CN(C)c1ncc(Cl)cc1[N+](=O)[O-])C(=O)O. The lowest BCUT2D eigenvalue weighted by atomic mass is 10.2. The molecule has 1 atom stereocenters. The monoisotopic (exact) mass is 273 g/mol. The number of carbonyl (C=O) groups is 1. The predicted octanol–water partition coefficient (Wildman–Crippen LogP) is 1.80. The lowest BCUT2D eigenvalue weighted by Gasteiger charge is -2.20. The number of hydrogen-bond acceptors (Lipinski definition) is 5. The van der Waals surface area contributed by atoms with Crippen LogP contribution in [0.4, 0.5) is 11.5 Å². The van der Waals surface area contributed by atoms with E-state index in [0.717, 1.165) is 0 Å². The smallest absolute Gasteiger partial charge is 0.313 e. The summed E-state index contributed by atoms with van der Waals surface area (Å²) in [5.41, 5.74) is -0.248. The molecule has 0 aromatic carbocycles. The standard InChI is InChI=1S/C10H12ClN3O4/c1-6(10(15)16)5-13(2)9-8(14(17)18)3-7(11)4-12-9/h3-4,6H,5H2,1-2H3,(H,15,16). The van der Waals surface area contributed by atoms with Gasteiger partial charge in [0.25, 0.3) is 0 Å². The molecule has 1 aromatic heterocycles. The predicted molar refractivity (Wildman–Crippen MR) is 66.0 cm³/mol. The van der Waals surface area contributed by atoms with Crippen molar-refractivity contribution in [1.82, 2.24) is 4.98 Å². The largest absolute Gasteiger partial charge is 0.481 e. The van der Waals surface area contributed by atoms with Gasteiger partial charge in [0.15, 0.2) is 0 Å². The third-order valence-corrected chi connectivity index (χ3v) is 2.55. The van der Waals surface area contributed by atoms with Crippen LogP contribution in [0.25, 0.3) is 0 Å². The maximum absolute atomic E-state index is 10.9. The normalized spacial score (nSPS) is 11.9. The number of carboxylic acid groups (broad SMARTS) is 1. The van der Waals surface area contributed by atoms with Gasteiger partial charge in [-0.3, -0.25) is 14.9 Å². The minimum atomic E-state index is -0.974. The van der Waals surface area contributed by atoms with Crippen molar-refractivity contribution in [3.8, 4) is 0 Å². The Morgan fingerprint density at radius 1 is 1.72 bits per heavy atom. The van der Waals surface area contributed by atoms with Crippen molar-refractivity contribution >= 4 is 29.1 Å². The molecule has 1 heterocycles. The van der Waals surface area contributed by atoms with Crippen LogP contribution in [-0.2, 0) is 4.79 Å². The van der Waals surface area contributed by atoms with E-state index in [1.165, 1.54) is 24.1 Å². The van der Waals surface area contributed by atoms with Crippen molar-refractivity contribution in [2.75, 3.05) is 18.5 Å². The van der Waals surface area contributed by atoms with Crippen LogP contribution in [0.2, 0.25) is 5.02 Å². The highest BCUT2D eigenvalue weighted by molar-refractivity contribution is 6.30. The number of halogens is 1. The van der Waals surface area contributed by atoms with E-state index in [4.69, 9.17) is 16.7 Å². The van der Waals surface area contributed by atoms with Crippen molar-refractivity contribution in [1.29, 1.82) is 0 Å². The van der Waals surface area contributed by atoms with Gasteiger partial charge >= 0.3 is 11.7 Å². The molecule has 98 valence electrons. The van der Waals surface area contributed by atoms with E-state index in [0.29, 0.717) is 0 Å². The summed E-state index contributed by atoms with van der Waals surface area (Å²) in [6, 6.07) is 1.19. The Bertz CT molecular complexity index is 480. The third-order valence-electron chi connectivity index (χ3n) is 2.34. The van der Waals surface area contributed by atoms with Crippen LogP contribution >= 0.6 is 11.6 Å². The van der Waals surface area contributed by atoms with Gasteiger partial charge in [0.1, 0.15) is 0 Å². The summed E-state index contributed by atoms with van der Waals surface area (Å²) in [5.74, 6) is -1.54. The second kappa shape index (κ2) is 5.63. The first-order chi connectivity index (χ1) is 8.32. The third kappa shape index (κ3) is 3.30. The molecule has 8 heteroatoms. The Morgan fingerprint density at radius 2 is 2.33 bits per heavy atom. The lowest BCUT2D eigenvalue weighted by molar-refractivity contribution is -0.384. The lowest BCUT2D eigenvalue weighted by Crippen LogP contribution is -2.29. The van der Waals surface area contributed by atoms with Crippen molar-refractivity contribution in [3.63, 3.8) is 0 Å². The van der Waals surface area contributed by atoms with Crippen molar-refractivity contribution in [3.05, 3.63) is 27.4 Å². The van der Waals surface area contributed by atoms with Gasteiger partial charge in [0, 0.05) is 25.9 Å². The zero-order valence-corrected chi connectivity index (χ0v) is 10.6. The zero-order valence-electron chi connectivity index (χ0n) is 9.83. The molecule has 7 nitrogen and oxygen atoms in total. The molecule has 18 heavy (non-hydrogen) atoms. The molecule has 1 N–H and O–H groups in total. The number of carboxylic acids is 1. The van der Waals surface area contributed by atoms with Gasteiger partial charge in [-0.05, 0) is 0 Å². The maximum atomic E-state index is 10.9. The van der Waals surface area contributed by atoms with Gasteiger partial charge in [-0.2, -0.15) is 0 Å². The number of anilines is 1. The van der Waals surface area contributed by atoms with Crippen LogP contribution in [-0.4, -0.2) is 34.6 Å². The fourth-order valence-corrected chi connectivity index (χ4v) is 1.58. The van der Waals surface area contributed by atoms with Gasteiger partial charge in [-0.1, -0.05) is 18.5 Å². The first kappa shape index (κ1) is 14.2. The van der Waals surface area contributed by atoms with Gasteiger partial charge < -0.3 is 10.0 Å². The van der Waals surface area contributed by atoms with Crippen LogP contribution in [0.5, 0.6) is 0 Å². The van der Waals surface area contributed by atoms with E-state index in [1.54, 1.807) is 7.05 Å². The average molecular weight is 274 g/mol.